The maximum absolute atomic E-state index is 10.7. The van der Waals surface area contributed by atoms with Crippen molar-refractivity contribution in [1.82, 2.24) is 4.98 Å². The molecular formula is C13H11BrN2O4. The van der Waals surface area contributed by atoms with Gasteiger partial charge in [-0.3, -0.25) is 10.1 Å². The first-order valence-electron chi connectivity index (χ1n) is 5.73. The Bertz CT molecular complexity index is 629. The van der Waals surface area contributed by atoms with Crippen LogP contribution < -0.4 is 4.74 Å². The molecule has 1 heterocycles. The number of benzene rings is 1. The van der Waals surface area contributed by atoms with Crippen molar-refractivity contribution in [2.75, 3.05) is 0 Å². The summed E-state index contributed by atoms with van der Waals surface area (Å²) < 4.78 is 6.08. The molecule has 0 fully saturated rings. The van der Waals surface area contributed by atoms with Crippen LogP contribution in [0.4, 0.5) is 5.69 Å². The molecule has 6 nitrogen and oxygen atoms in total. The summed E-state index contributed by atoms with van der Waals surface area (Å²) in [4.78, 5) is 14.3. The fraction of sp³-hybridized carbons (Fsp3) is 0.154. The van der Waals surface area contributed by atoms with Gasteiger partial charge in [0, 0.05) is 18.3 Å². The summed E-state index contributed by atoms with van der Waals surface area (Å²) in [7, 11) is 0. The van der Waals surface area contributed by atoms with Crippen LogP contribution >= 0.6 is 15.9 Å². The largest absolute Gasteiger partial charge is 0.438 e. The van der Waals surface area contributed by atoms with Crippen LogP contribution in [-0.4, -0.2) is 15.0 Å². The minimum absolute atomic E-state index is 0.0659. The summed E-state index contributed by atoms with van der Waals surface area (Å²) in [5.41, 5.74) is 0.597. The summed E-state index contributed by atoms with van der Waals surface area (Å²) in [6.45, 7) is 1.63. The van der Waals surface area contributed by atoms with E-state index in [0.29, 0.717) is 15.8 Å². The highest BCUT2D eigenvalue weighted by atomic mass is 79.9. The van der Waals surface area contributed by atoms with Gasteiger partial charge < -0.3 is 9.84 Å². The summed E-state index contributed by atoms with van der Waals surface area (Å²) in [6, 6.07) is 7.50. The average Bonchev–Trinajstić information content (AvgIpc) is 2.41. The number of nitro groups is 1. The minimum Gasteiger partial charge on any atom is -0.438 e. The number of nitro benzene ring substituents is 1. The molecule has 1 aromatic heterocycles. The van der Waals surface area contributed by atoms with Crippen molar-refractivity contribution in [1.29, 1.82) is 0 Å². The SMILES string of the molecule is CC(O)c1ccc(Oc2cc([N+](=O)[O-])ccc2Br)nc1. The first-order valence-corrected chi connectivity index (χ1v) is 6.52. The number of non-ortho nitro benzene ring substituents is 1. The van der Waals surface area contributed by atoms with Crippen molar-refractivity contribution in [3.63, 3.8) is 0 Å². The topological polar surface area (TPSA) is 85.5 Å². The zero-order valence-electron chi connectivity index (χ0n) is 10.5. The predicted molar refractivity (Wildman–Crippen MR) is 75.7 cm³/mol. The van der Waals surface area contributed by atoms with Gasteiger partial charge in [0.25, 0.3) is 5.69 Å². The number of nitrogens with zero attached hydrogens (tertiary/aromatic N) is 2. The van der Waals surface area contributed by atoms with Crippen LogP contribution in [0.5, 0.6) is 11.6 Å². The number of halogens is 1. The van der Waals surface area contributed by atoms with Gasteiger partial charge in [-0.1, -0.05) is 0 Å². The van der Waals surface area contributed by atoms with Gasteiger partial charge in [-0.25, -0.2) is 4.98 Å². The van der Waals surface area contributed by atoms with Crippen molar-refractivity contribution < 1.29 is 14.8 Å². The normalized spacial score (nSPS) is 11.9. The number of ether oxygens (including phenoxy) is 1. The lowest BCUT2D eigenvalue weighted by Crippen LogP contribution is -1.95. The lowest BCUT2D eigenvalue weighted by molar-refractivity contribution is -0.384. The molecule has 2 aromatic rings. The molecule has 1 atom stereocenters. The maximum atomic E-state index is 10.7. The van der Waals surface area contributed by atoms with Gasteiger partial charge >= 0.3 is 0 Å². The molecule has 0 aliphatic rings. The zero-order valence-corrected chi connectivity index (χ0v) is 12.1. The van der Waals surface area contributed by atoms with Crippen LogP contribution in [0.25, 0.3) is 0 Å². The third kappa shape index (κ3) is 3.31. The predicted octanol–water partition coefficient (Wildman–Crippen LogP) is 3.60. The fourth-order valence-electron chi connectivity index (χ4n) is 1.50. The van der Waals surface area contributed by atoms with Crippen molar-refractivity contribution in [2.45, 2.75) is 13.0 Å². The van der Waals surface area contributed by atoms with Crippen molar-refractivity contribution >= 4 is 21.6 Å². The van der Waals surface area contributed by atoms with Gasteiger partial charge in [0.15, 0.2) is 5.75 Å². The lowest BCUT2D eigenvalue weighted by atomic mass is 10.2. The van der Waals surface area contributed by atoms with E-state index < -0.39 is 11.0 Å². The molecule has 0 saturated heterocycles. The van der Waals surface area contributed by atoms with E-state index in [9.17, 15) is 15.2 Å². The number of aromatic nitrogens is 1. The van der Waals surface area contributed by atoms with Crippen LogP contribution in [0.1, 0.15) is 18.6 Å². The van der Waals surface area contributed by atoms with Gasteiger partial charge in [0.1, 0.15) is 0 Å². The summed E-state index contributed by atoms with van der Waals surface area (Å²) in [6.07, 6.45) is 0.881. The van der Waals surface area contributed by atoms with Gasteiger partial charge in [-0.05, 0) is 40.5 Å². The van der Waals surface area contributed by atoms with E-state index in [1.807, 2.05) is 0 Å². The van der Waals surface area contributed by atoms with Gasteiger partial charge in [-0.15, -0.1) is 0 Å². The zero-order chi connectivity index (χ0) is 14.7. The molecule has 104 valence electrons. The monoisotopic (exact) mass is 338 g/mol. The second kappa shape index (κ2) is 5.98. The Labute approximate surface area is 123 Å². The number of hydrogen-bond acceptors (Lipinski definition) is 5. The Morgan fingerprint density at radius 2 is 2.15 bits per heavy atom. The highest BCUT2D eigenvalue weighted by Gasteiger charge is 2.12. The van der Waals surface area contributed by atoms with Crippen LogP contribution in [-0.2, 0) is 0 Å². The molecule has 0 saturated carbocycles. The number of aliphatic hydroxyl groups is 1. The molecular weight excluding hydrogens is 328 g/mol. The fourth-order valence-corrected chi connectivity index (χ4v) is 1.82. The van der Waals surface area contributed by atoms with E-state index in [-0.39, 0.29) is 11.6 Å². The van der Waals surface area contributed by atoms with E-state index >= 15 is 0 Å². The number of pyridine rings is 1. The molecule has 0 aliphatic heterocycles. The molecule has 1 unspecified atom stereocenters. The van der Waals surface area contributed by atoms with E-state index in [4.69, 9.17) is 4.74 Å². The molecule has 7 heteroatoms. The van der Waals surface area contributed by atoms with Crippen LogP contribution in [0, 0.1) is 10.1 Å². The first kappa shape index (κ1) is 14.4. The molecule has 2 rings (SSSR count). The van der Waals surface area contributed by atoms with Gasteiger partial charge in [0.05, 0.1) is 21.6 Å². The summed E-state index contributed by atoms with van der Waals surface area (Å²) in [5.74, 6) is 0.590. The van der Waals surface area contributed by atoms with E-state index in [1.165, 1.54) is 24.4 Å². The number of aliphatic hydroxyl groups excluding tert-OH is 1. The molecule has 1 N–H and O–H groups in total. The van der Waals surface area contributed by atoms with Crippen molar-refractivity contribution in [3.8, 4) is 11.6 Å². The Kier molecular flexibility index (Phi) is 4.31. The molecule has 0 aliphatic carbocycles. The third-order valence-corrected chi connectivity index (χ3v) is 3.24. The molecule has 1 aromatic carbocycles. The summed E-state index contributed by atoms with van der Waals surface area (Å²) in [5, 5.41) is 20.1. The molecule has 20 heavy (non-hydrogen) atoms. The smallest absolute Gasteiger partial charge is 0.273 e. The van der Waals surface area contributed by atoms with Crippen LogP contribution in [0.2, 0.25) is 0 Å². The Hall–Kier alpha value is -1.99. The molecule has 0 amide bonds. The highest BCUT2D eigenvalue weighted by Crippen LogP contribution is 2.32. The Balaban J connectivity index is 2.25. The second-order valence-electron chi connectivity index (χ2n) is 4.08. The van der Waals surface area contributed by atoms with Crippen LogP contribution in [0.15, 0.2) is 41.0 Å². The number of hydrogen-bond donors (Lipinski definition) is 1. The highest BCUT2D eigenvalue weighted by molar-refractivity contribution is 9.10. The van der Waals surface area contributed by atoms with Crippen molar-refractivity contribution in [2.24, 2.45) is 0 Å². The Morgan fingerprint density at radius 3 is 2.70 bits per heavy atom. The summed E-state index contributed by atoms with van der Waals surface area (Å²) >= 11 is 3.26. The van der Waals surface area contributed by atoms with E-state index in [0.717, 1.165) is 0 Å². The average molecular weight is 339 g/mol. The first-order chi connectivity index (χ1) is 9.47. The second-order valence-corrected chi connectivity index (χ2v) is 4.93. The minimum atomic E-state index is -0.610. The van der Waals surface area contributed by atoms with Crippen LogP contribution in [0.3, 0.4) is 0 Å². The lowest BCUT2D eigenvalue weighted by Gasteiger charge is -2.08. The Morgan fingerprint density at radius 1 is 1.40 bits per heavy atom. The van der Waals surface area contributed by atoms with E-state index in [1.54, 1.807) is 19.1 Å². The quantitative estimate of drug-likeness (QED) is 0.679. The molecule has 0 bridgehead atoms. The van der Waals surface area contributed by atoms with Crippen molar-refractivity contribution in [3.05, 3.63) is 56.7 Å². The van der Waals surface area contributed by atoms with E-state index in [2.05, 4.69) is 20.9 Å². The third-order valence-electron chi connectivity index (χ3n) is 2.58. The van der Waals surface area contributed by atoms with Gasteiger partial charge in [-0.2, -0.15) is 0 Å². The van der Waals surface area contributed by atoms with Gasteiger partial charge in [0.2, 0.25) is 5.88 Å². The molecule has 0 spiro atoms. The maximum Gasteiger partial charge on any atom is 0.273 e. The standard InChI is InChI=1S/C13H11BrN2O4/c1-8(17)9-2-5-13(15-7-9)20-12-6-10(16(18)19)3-4-11(12)14/h2-8,17H,1H3. The number of rotatable bonds is 4. The molecule has 0 radical (unpaired) electrons.